The summed E-state index contributed by atoms with van der Waals surface area (Å²) in [6.45, 7) is 0.127. The molecule has 2 heteroatoms. The van der Waals surface area contributed by atoms with E-state index in [9.17, 15) is 4.79 Å². The molecule has 0 radical (unpaired) electrons. The molecule has 0 spiro atoms. The van der Waals surface area contributed by atoms with E-state index < -0.39 is 0 Å². The van der Waals surface area contributed by atoms with Gasteiger partial charge in [0.2, 0.25) is 0 Å². The lowest BCUT2D eigenvalue weighted by Crippen LogP contribution is -2.09. The predicted molar refractivity (Wildman–Crippen MR) is 43.2 cm³/mol. The number of hydrogen-bond donors (Lipinski definition) is 1. The molecule has 1 aliphatic rings. The molecule has 1 rings (SSSR count). The van der Waals surface area contributed by atoms with Crippen molar-refractivity contribution in [3.05, 3.63) is 12.2 Å². The molecule has 0 saturated heterocycles. The largest absolute Gasteiger partial charge is 0.396 e. The van der Waals surface area contributed by atoms with Crippen LogP contribution in [-0.2, 0) is 4.79 Å². The van der Waals surface area contributed by atoms with Crippen LogP contribution in [0.3, 0.4) is 0 Å². The predicted octanol–water partition coefficient (Wildman–Crippen LogP) is 1.29. The molecule has 1 N–H and O–H groups in total. The molecular formula is C9H14O2. The van der Waals surface area contributed by atoms with Crippen LogP contribution in [0.5, 0.6) is 0 Å². The fourth-order valence-corrected chi connectivity index (χ4v) is 1.34. The van der Waals surface area contributed by atoms with E-state index in [1.165, 1.54) is 0 Å². The average Bonchev–Trinajstić information content (AvgIpc) is 2.52. The Hall–Kier alpha value is -0.630. The Kier molecular flexibility index (Phi) is 3.30. The highest BCUT2D eigenvalue weighted by atomic mass is 16.3. The minimum atomic E-state index is 0.127. The third kappa shape index (κ3) is 2.46. The first-order valence-corrected chi connectivity index (χ1v) is 4.15. The van der Waals surface area contributed by atoms with Crippen molar-refractivity contribution in [2.45, 2.75) is 25.7 Å². The van der Waals surface area contributed by atoms with E-state index in [0.29, 0.717) is 12.8 Å². The van der Waals surface area contributed by atoms with Crippen LogP contribution in [0, 0.1) is 5.92 Å². The van der Waals surface area contributed by atoms with E-state index >= 15 is 0 Å². The van der Waals surface area contributed by atoms with E-state index in [4.69, 9.17) is 5.11 Å². The topological polar surface area (TPSA) is 37.3 Å². The Morgan fingerprint density at radius 2 is 2.45 bits per heavy atom. The quantitative estimate of drug-likeness (QED) is 0.619. The zero-order valence-corrected chi connectivity index (χ0v) is 6.62. The van der Waals surface area contributed by atoms with Crippen LogP contribution in [0.25, 0.3) is 0 Å². The first-order valence-electron chi connectivity index (χ1n) is 4.15. The number of Topliss-reactive ketones (excluding diaryl/α,β-unsaturated/α-hetero) is 1. The van der Waals surface area contributed by atoms with Crippen molar-refractivity contribution in [3.8, 4) is 0 Å². The number of ketones is 1. The highest BCUT2D eigenvalue weighted by Crippen LogP contribution is 2.19. The van der Waals surface area contributed by atoms with Crippen LogP contribution >= 0.6 is 0 Å². The lowest BCUT2D eigenvalue weighted by molar-refractivity contribution is -0.121. The van der Waals surface area contributed by atoms with Gasteiger partial charge in [0.1, 0.15) is 5.78 Å². The molecular weight excluding hydrogens is 140 g/mol. The maximum atomic E-state index is 11.2. The number of hydrogen-bond acceptors (Lipinski definition) is 2. The summed E-state index contributed by atoms with van der Waals surface area (Å²) in [5.41, 5.74) is 0. The van der Waals surface area contributed by atoms with Crippen LogP contribution < -0.4 is 0 Å². The summed E-state index contributed by atoms with van der Waals surface area (Å²) >= 11 is 0. The lowest BCUT2D eigenvalue weighted by atomic mass is 10.0. The third-order valence-corrected chi connectivity index (χ3v) is 2.01. The van der Waals surface area contributed by atoms with E-state index in [-0.39, 0.29) is 18.3 Å². The van der Waals surface area contributed by atoms with Crippen LogP contribution in [0.1, 0.15) is 25.7 Å². The number of carbonyl (C=O) groups excluding carboxylic acids is 1. The van der Waals surface area contributed by atoms with Crippen molar-refractivity contribution in [2.24, 2.45) is 5.92 Å². The van der Waals surface area contributed by atoms with Crippen LogP contribution in [-0.4, -0.2) is 17.5 Å². The average molecular weight is 154 g/mol. The van der Waals surface area contributed by atoms with Crippen LogP contribution in [0.4, 0.5) is 0 Å². The standard InChI is InChI=1S/C9H14O2/c10-7-3-6-9(11)8-4-1-2-5-8/h1,4,8,10H,2-3,5-7H2. The van der Waals surface area contributed by atoms with Crippen molar-refractivity contribution < 1.29 is 9.90 Å². The van der Waals surface area contributed by atoms with Gasteiger partial charge in [0.05, 0.1) is 0 Å². The van der Waals surface area contributed by atoms with Crippen molar-refractivity contribution in [1.82, 2.24) is 0 Å². The summed E-state index contributed by atoms with van der Waals surface area (Å²) < 4.78 is 0. The summed E-state index contributed by atoms with van der Waals surface area (Å²) in [4.78, 5) is 11.2. The van der Waals surface area contributed by atoms with Gasteiger partial charge in [-0.1, -0.05) is 12.2 Å². The van der Waals surface area contributed by atoms with Gasteiger partial charge in [-0.05, 0) is 19.3 Å². The smallest absolute Gasteiger partial charge is 0.139 e. The molecule has 0 amide bonds. The SMILES string of the molecule is O=C(CCCO)C1C=CCC1. The van der Waals surface area contributed by atoms with Gasteiger partial charge in [0, 0.05) is 18.9 Å². The number of allylic oxidation sites excluding steroid dienone is 2. The minimum absolute atomic E-state index is 0.127. The second-order valence-corrected chi connectivity index (χ2v) is 2.91. The molecule has 0 fully saturated rings. The summed E-state index contributed by atoms with van der Waals surface area (Å²) in [7, 11) is 0. The van der Waals surface area contributed by atoms with Crippen molar-refractivity contribution in [2.75, 3.05) is 6.61 Å². The lowest BCUT2D eigenvalue weighted by Gasteiger charge is -2.04. The maximum absolute atomic E-state index is 11.2. The molecule has 1 unspecified atom stereocenters. The molecule has 0 heterocycles. The van der Waals surface area contributed by atoms with E-state index in [1.54, 1.807) is 0 Å². The molecule has 0 aliphatic heterocycles. The molecule has 0 aromatic carbocycles. The summed E-state index contributed by atoms with van der Waals surface area (Å²) in [6.07, 6.45) is 7.20. The fourth-order valence-electron chi connectivity index (χ4n) is 1.34. The maximum Gasteiger partial charge on any atom is 0.139 e. The third-order valence-electron chi connectivity index (χ3n) is 2.01. The van der Waals surface area contributed by atoms with Gasteiger partial charge in [-0.25, -0.2) is 0 Å². The van der Waals surface area contributed by atoms with E-state index in [1.807, 2.05) is 6.08 Å². The number of rotatable bonds is 4. The van der Waals surface area contributed by atoms with Gasteiger partial charge in [-0.15, -0.1) is 0 Å². The first-order chi connectivity index (χ1) is 5.34. The molecule has 0 aromatic heterocycles. The number of aliphatic hydroxyl groups is 1. The second-order valence-electron chi connectivity index (χ2n) is 2.91. The molecule has 62 valence electrons. The Morgan fingerprint density at radius 1 is 1.64 bits per heavy atom. The molecule has 0 saturated carbocycles. The Balaban J connectivity index is 2.23. The van der Waals surface area contributed by atoms with Gasteiger partial charge in [-0.3, -0.25) is 4.79 Å². The van der Waals surface area contributed by atoms with Crippen molar-refractivity contribution >= 4 is 5.78 Å². The summed E-state index contributed by atoms with van der Waals surface area (Å²) in [5, 5.41) is 8.49. The monoisotopic (exact) mass is 154 g/mol. The zero-order chi connectivity index (χ0) is 8.10. The highest BCUT2D eigenvalue weighted by Gasteiger charge is 2.16. The summed E-state index contributed by atoms with van der Waals surface area (Å²) in [5.74, 6) is 0.439. The van der Waals surface area contributed by atoms with Gasteiger partial charge in [0.25, 0.3) is 0 Å². The van der Waals surface area contributed by atoms with Crippen molar-refractivity contribution in [3.63, 3.8) is 0 Å². The second kappa shape index (κ2) is 4.29. The molecule has 1 aliphatic carbocycles. The Morgan fingerprint density at radius 3 is 3.00 bits per heavy atom. The molecule has 2 nitrogen and oxygen atoms in total. The number of carbonyl (C=O) groups is 1. The van der Waals surface area contributed by atoms with Gasteiger partial charge >= 0.3 is 0 Å². The van der Waals surface area contributed by atoms with Gasteiger partial charge < -0.3 is 5.11 Å². The summed E-state index contributed by atoms with van der Waals surface area (Å²) in [6, 6.07) is 0. The molecule has 0 aromatic rings. The Bertz CT molecular complexity index is 161. The molecule has 1 atom stereocenters. The van der Waals surface area contributed by atoms with Crippen LogP contribution in [0.2, 0.25) is 0 Å². The first kappa shape index (κ1) is 8.47. The molecule has 11 heavy (non-hydrogen) atoms. The normalized spacial score (nSPS) is 22.5. The minimum Gasteiger partial charge on any atom is -0.396 e. The number of aliphatic hydroxyl groups excluding tert-OH is 1. The van der Waals surface area contributed by atoms with Crippen LogP contribution in [0.15, 0.2) is 12.2 Å². The Labute approximate surface area is 66.9 Å². The van der Waals surface area contributed by atoms with E-state index in [2.05, 4.69) is 6.08 Å². The fraction of sp³-hybridized carbons (Fsp3) is 0.667. The van der Waals surface area contributed by atoms with Crippen molar-refractivity contribution in [1.29, 1.82) is 0 Å². The van der Waals surface area contributed by atoms with E-state index in [0.717, 1.165) is 12.8 Å². The van der Waals surface area contributed by atoms with Gasteiger partial charge in [-0.2, -0.15) is 0 Å². The highest BCUT2D eigenvalue weighted by molar-refractivity contribution is 5.83. The zero-order valence-electron chi connectivity index (χ0n) is 6.62. The van der Waals surface area contributed by atoms with Gasteiger partial charge in [0.15, 0.2) is 0 Å². The molecule has 0 bridgehead atoms.